The van der Waals surface area contributed by atoms with Crippen molar-refractivity contribution in [2.24, 2.45) is 17.8 Å². The van der Waals surface area contributed by atoms with Gasteiger partial charge in [-0.25, -0.2) is 0 Å². The van der Waals surface area contributed by atoms with Crippen LogP contribution < -0.4 is 5.32 Å². The van der Waals surface area contributed by atoms with Gasteiger partial charge in [-0.2, -0.15) is 0 Å². The van der Waals surface area contributed by atoms with E-state index in [2.05, 4.69) is 17.1 Å². The molecule has 4 rings (SSSR count). The van der Waals surface area contributed by atoms with Crippen LogP contribution in [-0.2, 0) is 0 Å². The Balaban J connectivity index is 1.47. The average molecular weight is 276 g/mol. The molecular formula is C18H32N2. The molecule has 0 radical (unpaired) electrons. The second-order valence-electron chi connectivity index (χ2n) is 8.26. The second-order valence-corrected chi connectivity index (χ2v) is 8.26. The summed E-state index contributed by atoms with van der Waals surface area (Å²) in [5.41, 5.74) is 0.549. The van der Waals surface area contributed by atoms with Crippen LogP contribution in [0, 0.1) is 17.8 Å². The van der Waals surface area contributed by atoms with Crippen molar-refractivity contribution in [2.45, 2.75) is 76.3 Å². The lowest BCUT2D eigenvalue weighted by atomic mass is 9.84. The van der Waals surface area contributed by atoms with E-state index in [1.54, 1.807) is 25.7 Å². The Kier molecular flexibility index (Phi) is 3.58. The molecule has 2 nitrogen and oxygen atoms in total. The summed E-state index contributed by atoms with van der Waals surface area (Å²) in [6, 6.07) is 0.750. The van der Waals surface area contributed by atoms with Gasteiger partial charge in [-0.15, -0.1) is 0 Å². The molecule has 1 N–H and O–H groups in total. The molecule has 20 heavy (non-hydrogen) atoms. The average Bonchev–Trinajstić information content (AvgIpc) is 3.18. The zero-order valence-electron chi connectivity index (χ0n) is 13.2. The highest BCUT2D eigenvalue weighted by atomic mass is 15.3. The summed E-state index contributed by atoms with van der Waals surface area (Å²) >= 11 is 0. The fourth-order valence-electron chi connectivity index (χ4n) is 5.92. The molecule has 1 spiro atoms. The van der Waals surface area contributed by atoms with E-state index in [0.29, 0.717) is 5.54 Å². The highest BCUT2D eigenvalue weighted by Crippen LogP contribution is 2.49. The van der Waals surface area contributed by atoms with Crippen molar-refractivity contribution in [2.75, 3.05) is 19.6 Å². The maximum atomic E-state index is 3.85. The summed E-state index contributed by atoms with van der Waals surface area (Å²) in [4.78, 5) is 2.97. The van der Waals surface area contributed by atoms with Crippen molar-refractivity contribution >= 4 is 0 Å². The Morgan fingerprint density at radius 2 is 2.00 bits per heavy atom. The Hall–Kier alpha value is -0.0800. The summed E-state index contributed by atoms with van der Waals surface area (Å²) in [5.74, 6) is 3.24. The highest BCUT2D eigenvalue weighted by molar-refractivity contribution is 5.03. The summed E-state index contributed by atoms with van der Waals surface area (Å²) in [7, 11) is 0. The molecule has 2 bridgehead atoms. The normalized spacial score (nSPS) is 43.6. The first-order chi connectivity index (χ1) is 9.79. The van der Waals surface area contributed by atoms with Crippen LogP contribution in [0.4, 0.5) is 0 Å². The van der Waals surface area contributed by atoms with E-state index >= 15 is 0 Å². The summed E-state index contributed by atoms with van der Waals surface area (Å²) in [6.07, 6.45) is 13.4. The minimum absolute atomic E-state index is 0.549. The first-order valence-corrected chi connectivity index (χ1v) is 9.27. The van der Waals surface area contributed by atoms with Crippen molar-refractivity contribution < 1.29 is 0 Å². The third-order valence-corrected chi connectivity index (χ3v) is 7.20. The van der Waals surface area contributed by atoms with Gasteiger partial charge in [-0.05, 0) is 56.3 Å². The maximum absolute atomic E-state index is 3.85. The van der Waals surface area contributed by atoms with Gasteiger partial charge in [-0.1, -0.05) is 26.2 Å². The van der Waals surface area contributed by atoms with Crippen molar-refractivity contribution in [3.63, 3.8) is 0 Å². The minimum atomic E-state index is 0.549. The Labute approximate surface area is 124 Å². The van der Waals surface area contributed by atoms with Gasteiger partial charge in [0, 0.05) is 31.2 Å². The Morgan fingerprint density at radius 3 is 2.65 bits per heavy atom. The van der Waals surface area contributed by atoms with E-state index in [9.17, 15) is 0 Å². The van der Waals surface area contributed by atoms with E-state index < -0.39 is 0 Å². The van der Waals surface area contributed by atoms with Crippen LogP contribution in [0.1, 0.15) is 64.7 Å². The van der Waals surface area contributed by atoms with E-state index in [4.69, 9.17) is 0 Å². The number of hydrogen-bond acceptors (Lipinski definition) is 2. The molecule has 2 heteroatoms. The molecule has 0 aromatic rings. The van der Waals surface area contributed by atoms with Crippen molar-refractivity contribution in [3.05, 3.63) is 0 Å². The van der Waals surface area contributed by atoms with Gasteiger partial charge < -0.3 is 5.32 Å². The maximum Gasteiger partial charge on any atom is 0.0334 e. The lowest BCUT2D eigenvalue weighted by Crippen LogP contribution is -2.64. The zero-order chi connectivity index (χ0) is 13.6. The lowest BCUT2D eigenvalue weighted by molar-refractivity contribution is 0.0207. The number of nitrogens with one attached hydrogen (secondary N) is 1. The molecule has 114 valence electrons. The largest absolute Gasteiger partial charge is 0.311 e. The molecule has 1 aliphatic heterocycles. The van der Waals surface area contributed by atoms with Crippen LogP contribution in [0.15, 0.2) is 0 Å². The SMILES string of the molecule is CCC1CN(CC2CC3CCC2C3)C2(CCCC2)CN1. The van der Waals surface area contributed by atoms with Crippen LogP contribution >= 0.6 is 0 Å². The van der Waals surface area contributed by atoms with Gasteiger partial charge in [0.25, 0.3) is 0 Å². The lowest BCUT2D eigenvalue weighted by Gasteiger charge is -2.50. The quantitative estimate of drug-likeness (QED) is 0.849. The molecule has 4 unspecified atom stereocenters. The topological polar surface area (TPSA) is 15.3 Å². The van der Waals surface area contributed by atoms with Crippen molar-refractivity contribution in [3.8, 4) is 0 Å². The Bertz CT molecular complexity index is 347. The predicted octanol–water partition coefficient (Wildman–Crippen LogP) is 3.42. The molecule has 0 aromatic heterocycles. The Morgan fingerprint density at radius 1 is 1.15 bits per heavy atom. The van der Waals surface area contributed by atoms with Crippen molar-refractivity contribution in [1.82, 2.24) is 10.2 Å². The number of piperazine rings is 1. The molecule has 0 amide bonds. The van der Waals surface area contributed by atoms with E-state index in [-0.39, 0.29) is 0 Å². The van der Waals surface area contributed by atoms with Crippen LogP contribution in [0.25, 0.3) is 0 Å². The van der Waals surface area contributed by atoms with Gasteiger partial charge in [0.1, 0.15) is 0 Å². The monoisotopic (exact) mass is 276 g/mol. The highest BCUT2D eigenvalue weighted by Gasteiger charge is 2.46. The second kappa shape index (κ2) is 5.28. The summed E-state index contributed by atoms with van der Waals surface area (Å²) in [5, 5.41) is 3.85. The number of rotatable bonds is 3. The molecule has 3 aliphatic carbocycles. The number of hydrogen-bond donors (Lipinski definition) is 1. The molecule has 4 fully saturated rings. The standard InChI is InChI=1S/C18H32N2/c1-2-17-12-20(18(13-19-17)7-3-4-8-18)11-16-10-14-5-6-15(16)9-14/h14-17,19H,2-13H2,1H3. The van der Waals surface area contributed by atoms with Gasteiger partial charge in [0.15, 0.2) is 0 Å². The third-order valence-electron chi connectivity index (χ3n) is 7.20. The third kappa shape index (κ3) is 2.23. The van der Waals surface area contributed by atoms with E-state index in [1.165, 1.54) is 51.7 Å². The van der Waals surface area contributed by atoms with Crippen LogP contribution in [0.5, 0.6) is 0 Å². The van der Waals surface area contributed by atoms with Crippen molar-refractivity contribution in [1.29, 1.82) is 0 Å². The molecular weight excluding hydrogens is 244 g/mol. The fourth-order valence-corrected chi connectivity index (χ4v) is 5.92. The summed E-state index contributed by atoms with van der Waals surface area (Å²) < 4.78 is 0. The van der Waals surface area contributed by atoms with E-state index in [1.807, 2.05) is 0 Å². The van der Waals surface area contributed by atoms with Crippen LogP contribution in [0.3, 0.4) is 0 Å². The number of nitrogens with zero attached hydrogens (tertiary/aromatic N) is 1. The molecule has 4 aliphatic rings. The predicted molar refractivity (Wildman–Crippen MR) is 83.8 cm³/mol. The smallest absolute Gasteiger partial charge is 0.0334 e. The molecule has 3 saturated carbocycles. The van der Waals surface area contributed by atoms with Gasteiger partial charge in [-0.3, -0.25) is 4.90 Å². The zero-order valence-corrected chi connectivity index (χ0v) is 13.2. The first kappa shape index (κ1) is 13.6. The van der Waals surface area contributed by atoms with E-state index in [0.717, 1.165) is 23.8 Å². The molecule has 1 saturated heterocycles. The van der Waals surface area contributed by atoms with Gasteiger partial charge in [0.05, 0.1) is 0 Å². The summed E-state index contributed by atoms with van der Waals surface area (Å²) in [6.45, 7) is 6.37. The molecule has 4 atom stereocenters. The molecule has 0 aromatic carbocycles. The van der Waals surface area contributed by atoms with Crippen LogP contribution in [-0.4, -0.2) is 36.1 Å². The first-order valence-electron chi connectivity index (χ1n) is 9.27. The fraction of sp³-hybridized carbons (Fsp3) is 1.00. The number of fused-ring (bicyclic) bond motifs is 2. The minimum Gasteiger partial charge on any atom is -0.311 e. The molecule has 1 heterocycles. The van der Waals surface area contributed by atoms with Gasteiger partial charge in [0.2, 0.25) is 0 Å². The van der Waals surface area contributed by atoms with Crippen LogP contribution in [0.2, 0.25) is 0 Å². The van der Waals surface area contributed by atoms with Gasteiger partial charge >= 0.3 is 0 Å².